The van der Waals surface area contributed by atoms with E-state index in [4.69, 9.17) is 16.7 Å². The summed E-state index contributed by atoms with van der Waals surface area (Å²) in [4.78, 5) is 12.6. The molecule has 0 fully saturated rings. The molecule has 0 heterocycles. The lowest BCUT2D eigenvalue weighted by Crippen LogP contribution is -2.26. The first-order chi connectivity index (χ1) is 8.15. The maximum Gasteiger partial charge on any atom is 0.305 e. The molecule has 17 heavy (non-hydrogen) atoms. The molecular weight excluding hydrogens is 238 g/mol. The summed E-state index contributed by atoms with van der Waals surface area (Å²) in [7, 11) is 0. The SMILES string of the molecule is Cc1ccccc1N(C/C=C/Cl)CCC(=O)O. The fourth-order valence-corrected chi connectivity index (χ4v) is 1.71. The van der Waals surface area contributed by atoms with Crippen LogP contribution in [0.5, 0.6) is 0 Å². The highest BCUT2D eigenvalue weighted by molar-refractivity contribution is 6.25. The number of anilines is 1. The van der Waals surface area contributed by atoms with Gasteiger partial charge in [-0.1, -0.05) is 35.9 Å². The molecule has 0 aromatic heterocycles. The van der Waals surface area contributed by atoms with E-state index in [-0.39, 0.29) is 6.42 Å². The summed E-state index contributed by atoms with van der Waals surface area (Å²) in [6.45, 7) is 3.09. The van der Waals surface area contributed by atoms with Crippen LogP contribution >= 0.6 is 11.6 Å². The molecule has 0 saturated heterocycles. The highest BCUT2D eigenvalue weighted by Crippen LogP contribution is 2.19. The number of hydrogen-bond donors (Lipinski definition) is 1. The van der Waals surface area contributed by atoms with Crippen LogP contribution in [0, 0.1) is 6.92 Å². The molecular formula is C13H16ClNO2. The molecule has 0 spiro atoms. The van der Waals surface area contributed by atoms with Gasteiger partial charge in [-0.15, -0.1) is 0 Å². The van der Waals surface area contributed by atoms with E-state index >= 15 is 0 Å². The molecule has 0 saturated carbocycles. The second-order valence-corrected chi connectivity index (χ2v) is 3.99. The topological polar surface area (TPSA) is 40.5 Å². The van der Waals surface area contributed by atoms with Gasteiger partial charge in [0.05, 0.1) is 6.42 Å². The third-order valence-corrected chi connectivity index (χ3v) is 2.64. The van der Waals surface area contributed by atoms with Crippen molar-refractivity contribution in [1.29, 1.82) is 0 Å². The predicted octanol–water partition coefficient (Wildman–Crippen LogP) is 3.03. The lowest BCUT2D eigenvalue weighted by molar-refractivity contribution is -0.136. The largest absolute Gasteiger partial charge is 0.481 e. The van der Waals surface area contributed by atoms with Gasteiger partial charge in [-0.3, -0.25) is 4.79 Å². The van der Waals surface area contributed by atoms with Gasteiger partial charge in [-0.25, -0.2) is 0 Å². The normalized spacial score (nSPS) is 10.7. The number of rotatable bonds is 6. The number of hydrogen-bond acceptors (Lipinski definition) is 2. The van der Waals surface area contributed by atoms with Gasteiger partial charge < -0.3 is 10.0 Å². The molecule has 1 N–H and O–H groups in total. The van der Waals surface area contributed by atoms with Crippen LogP contribution in [0.4, 0.5) is 5.69 Å². The van der Waals surface area contributed by atoms with Crippen molar-refractivity contribution < 1.29 is 9.90 Å². The molecule has 0 bridgehead atoms. The monoisotopic (exact) mass is 253 g/mol. The molecule has 0 aliphatic heterocycles. The van der Waals surface area contributed by atoms with Crippen LogP contribution in [0.2, 0.25) is 0 Å². The first kappa shape index (κ1) is 13.6. The highest BCUT2D eigenvalue weighted by atomic mass is 35.5. The maximum atomic E-state index is 10.6. The average molecular weight is 254 g/mol. The second kappa shape index (κ2) is 6.97. The second-order valence-electron chi connectivity index (χ2n) is 3.74. The Balaban J connectivity index is 2.81. The van der Waals surface area contributed by atoms with Crippen molar-refractivity contribution >= 4 is 23.3 Å². The van der Waals surface area contributed by atoms with E-state index in [1.54, 1.807) is 6.08 Å². The van der Waals surface area contributed by atoms with Crippen molar-refractivity contribution in [2.75, 3.05) is 18.0 Å². The van der Waals surface area contributed by atoms with E-state index in [1.807, 2.05) is 36.1 Å². The Morgan fingerprint density at radius 3 is 2.76 bits per heavy atom. The van der Waals surface area contributed by atoms with E-state index in [0.717, 1.165) is 11.3 Å². The molecule has 0 atom stereocenters. The lowest BCUT2D eigenvalue weighted by Gasteiger charge is -2.24. The fraction of sp³-hybridized carbons (Fsp3) is 0.308. The van der Waals surface area contributed by atoms with Crippen molar-refractivity contribution in [3.63, 3.8) is 0 Å². The highest BCUT2D eigenvalue weighted by Gasteiger charge is 2.09. The number of aliphatic carboxylic acids is 1. The van der Waals surface area contributed by atoms with E-state index in [2.05, 4.69) is 0 Å². The molecule has 1 aromatic rings. The summed E-state index contributed by atoms with van der Waals surface area (Å²) in [6, 6.07) is 7.90. The zero-order valence-electron chi connectivity index (χ0n) is 9.77. The standard InChI is InChI=1S/C13H16ClNO2/c1-11-5-2-3-6-12(11)15(9-4-8-14)10-7-13(16)17/h2-6,8H,7,9-10H2,1H3,(H,16,17)/b8-4+. The van der Waals surface area contributed by atoms with Crippen LogP contribution in [-0.2, 0) is 4.79 Å². The Morgan fingerprint density at radius 2 is 2.18 bits per heavy atom. The number of carbonyl (C=O) groups is 1. The minimum Gasteiger partial charge on any atom is -0.481 e. The first-order valence-corrected chi connectivity index (χ1v) is 5.86. The number of carboxylic acids is 1. The summed E-state index contributed by atoms with van der Waals surface area (Å²) in [5, 5.41) is 8.73. The van der Waals surface area contributed by atoms with Crippen molar-refractivity contribution in [3.8, 4) is 0 Å². The molecule has 1 aromatic carbocycles. The van der Waals surface area contributed by atoms with Gasteiger partial charge in [0.15, 0.2) is 0 Å². The van der Waals surface area contributed by atoms with Crippen LogP contribution in [0.1, 0.15) is 12.0 Å². The Hall–Kier alpha value is -1.48. The zero-order chi connectivity index (χ0) is 12.7. The Bertz CT molecular complexity index is 404. The Labute approximate surface area is 106 Å². The number of aryl methyl sites for hydroxylation is 1. The molecule has 0 aliphatic carbocycles. The maximum absolute atomic E-state index is 10.6. The molecule has 3 nitrogen and oxygen atoms in total. The minimum atomic E-state index is -0.793. The van der Waals surface area contributed by atoms with Gasteiger partial charge in [0, 0.05) is 24.3 Å². The van der Waals surface area contributed by atoms with Crippen molar-refractivity contribution in [3.05, 3.63) is 41.4 Å². The van der Waals surface area contributed by atoms with Crippen molar-refractivity contribution in [1.82, 2.24) is 0 Å². The van der Waals surface area contributed by atoms with E-state index in [1.165, 1.54) is 5.54 Å². The molecule has 92 valence electrons. The summed E-state index contributed by atoms with van der Waals surface area (Å²) < 4.78 is 0. The van der Waals surface area contributed by atoms with E-state index in [0.29, 0.717) is 13.1 Å². The predicted molar refractivity (Wildman–Crippen MR) is 70.6 cm³/mol. The molecule has 0 radical (unpaired) electrons. The smallest absolute Gasteiger partial charge is 0.305 e. The third kappa shape index (κ3) is 4.49. The lowest BCUT2D eigenvalue weighted by atomic mass is 10.1. The van der Waals surface area contributed by atoms with Gasteiger partial charge in [0.1, 0.15) is 0 Å². The van der Waals surface area contributed by atoms with Crippen LogP contribution in [0.25, 0.3) is 0 Å². The molecule has 4 heteroatoms. The Kier molecular flexibility index (Phi) is 5.57. The number of para-hydroxylation sites is 1. The van der Waals surface area contributed by atoms with Gasteiger partial charge >= 0.3 is 5.97 Å². The third-order valence-electron chi connectivity index (χ3n) is 2.47. The van der Waals surface area contributed by atoms with Crippen LogP contribution in [0.3, 0.4) is 0 Å². The molecule has 0 aliphatic rings. The summed E-state index contributed by atoms with van der Waals surface area (Å²) >= 11 is 5.51. The number of benzene rings is 1. The quantitative estimate of drug-likeness (QED) is 0.847. The first-order valence-electron chi connectivity index (χ1n) is 5.42. The van der Waals surface area contributed by atoms with Gasteiger partial charge in [0.25, 0.3) is 0 Å². The van der Waals surface area contributed by atoms with Gasteiger partial charge in [0.2, 0.25) is 0 Å². The van der Waals surface area contributed by atoms with Crippen molar-refractivity contribution in [2.45, 2.75) is 13.3 Å². The van der Waals surface area contributed by atoms with Crippen LogP contribution < -0.4 is 4.90 Å². The van der Waals surface area contributed by atoms with Gasteiger partial charge in [-0.05, 0) is 18.6 Å². The van der Waals surface area contributed by atoms with E-state index in [9.17, 15) is 4.79 Å². The summed E-state index contributed by atoms with van der Waals surface area (Å²) in [5.41, 5.74) is 3.62. The molecule has 0 unspecified atom stereocenters. The minimum absolute atomic E-state index is 0.116. The molecule has 1 rings (SSSR count). The average Bonchev–Trinajstić information content (AvgIpc) is 2.30. The van der Waals surface area contributed by atoms with Crippen LogP contribution in [-0.4, -0.2) is 24.2 Å². The van der Waals surface area contributed by atoms with Crippen molar-refractivity contribution in [2.24, 2.45) is 0 Å². The fourth-order valence-electron chi connectivity index (χ4n) is 1.63. The number of halogens is 1. The van der Waals surface area contributed by atoms with E-state index < -0.39 is 5.97 Å². The summed E-state index contributed by atoms with van der Waals surface area (Å²) in [6.07, 6.45) is 1.92. The van der Waals surface area contributed by atoms with Gasteiger partial charge in [-0.2, -0.15) is 0 Å². The summed E-state index contributed by atoms with van der Waals surface area (Å²) in [5.74, 6) is -0.793. The Morgan fingerprint density at radius 1 is 1.47 bits per heavy atom. The number of nitrogens with zero attached hydrogens (tertiary/aromatic N) is 1. The van der Waals surface area contributed by atoms with Crippen LogP contribution in [0.15, 0.2) is 35.9 Å². The number of carboxylic acid groups (broad SMARTS) is 1. The molecule has 0 amide bonds. The zero-order valence-corrected chi connectivity index (χ0v) is 10.5.